The van der Waals surface area contributed by atoms with Crippen molar-refractivity contribution < 1.29 is 13.6 Å². The highest BCUT2D eigenvalue weighted by atomic mass is 19.2. The number of hydrogen-bond acceptors (Lipinski definition) is 2. The van der Waals surface area contributed by atoms with E-state index in [1.807, 2.05) is 7.05 Å². The first-order valence-corrected chi connectivity index (χ1v) is 6.50. The fraction of sp³-hybridized carbons (Fsp3) is 0.500. The van der Waals surface area contributed by atoms with Crippen LogP contribution in [-0.4, -0.2) is 37.5 Å². The van der Waals surface area contributed by atoms with E-state index in [9.17, 15) is 13.6 Å². The third-order valence-corrected chi connectivity index (χ3v) is 3.47. The number of piperidine rings is 1. The Kier molecular flexibility index (Phi) is 4.47. The molecule has 0 spiro atoms. The Labute approximate surface area is 111 Å². The van der Waals surface area contributed by atoms with Crippen LogP contribution in [0.1, 0.15) is 23.2 Å². The fourth-order valence-electron chi connectivity index (χ4n) is 2.52. The molecule has 0 bridgehead atoms. The van der Waals surface area contributed by atoms with Crippen molar-refractivity contribution in [1.82, 2.24) is 10.2 Å². The summed E-state index contributed by atoms with van der Waals surface area (Å²) in [4.78, 5) is 13.9. The molecule has 1 N–H and O–H groups in total. The van der Waals surface area contributed by atoms with E-state index in [1.54, 1.807) is 4.90 Å². The number of carbonyl (C=O) groups is 1. The van der Waals surface area contributed by atoms with Gasteiger partial charge in [0.1, 0.15) is 0 Å². The highest BCUT2D eigenvalue weighted by Crippen LogP contribution is 2.19. The summed E-state index contributed by atoms with van der Waals surface area (Å²) in [7, 11) is 1.89. The lowest BCUT2D eigenvalue weighted by Crippen LogP contribution is -2.42. The summed E-state index contributed by atoms with van der Waals surface area (Å²) in [6, 6.07) is 3.30. The molecule has 0 aliphatic carbocycles. The standard InChI is InChI=1S/C14H18F2N2O/c1-17-8-10-3-2-6-18(9-10)14(19)11-4-5-12(15)13(16)7-11/h4-5,7,10,17H,2-3,6,8-9H2,1H3. The van der Waals surface area contributed by atoms with Crippen LogP contribution in [-0.2, 0) is 0 Å². The summed E-state index contributed by atoms with van der Waals surface area (Å²) in [5, 5.41) is 3.11. The molecule has 19 heavy (non-hydrogen) atoms. The van der Waals surface area contributed by atoms with E-state index in [0.29, 0.717) is 19.0 Å². The van der Waals surface area contributed by atoms with Crippen LogP contribution in [0.3, 0.4) is 0 Å². The quantitative estimate of drug-likeness (QED) is 0.910. The third-order valence-electron chi connectivity index (χ3n) is 3.47. The Morgan fingerprint density at radius 1 is 1.42 bits per heavy atom. The van der Waals surface area contributed by atoms with Gasteiger partial charge in [-0.3, -0.25) is 4.79 Å². The van der Waals surface area contributed by atoms with E-state index in [2.05, 4.69) is 5.32 Å². The summed E-state index contributed by atoms with van der Waals surface area (Å²) in [5.74, 6) is -1.70. The molecule has 5 heteroatoms. The first kappa shape index (κ1) is 13.9. The number of halogens is 2. The van der Waals surface area contributed by atoms with Crippen molar-refractivity contribution in [2.45, 2.75) is 12.8 Å². The zero-order valence-electron chi connectivity index (χ0n) is 11.0. The van der Waals surface area contributed by atoms with Gasteiger partial charge in [0, 0.05) is 18.7 Å². The molecule has 1 amide bonds. The van der Waals surface area contributed by atoms with Crippen LogP contribution < -0.4 is 5.32 Å². The minimum atomic E-state index is -0.977. The molecule has 1 atom stereocenters. The van der Waals surface area contributed by atoms with E-state index >= 15 is 0 Å². The molecule has 1 aromatic carbocycles. The molecule has 0 aromatic heterocycles. The monoisotopic (exact) mass is 268 g/mol. The van der Waals surface area contributed by atoms with Gasteiger partial charge in [0.05, 0.1) is 0 Å². The number of benzene rings is 1. The molecule has 2 rings (SSSR count). The van der Waals surface area contributed by atoms with Gasteiger partial charge in [-0.15, -0.1) is 0 Å². The summed E-state index contributed by atoms with van der Waals surface area (Å²) in [5.41, 5.74) is 0.212. The average molecular weight is 268 g/mol. The lowest BCUT2D eigenvalue weighted by molar-refractivity contribution is 0.0673. The Bertz CT molecular complexity index is 463. The maximum absolute atomic E-state index is 13.1. The highest BCUT2D eigenvalue weighted by Gasteiger charge is 2.24. The Morgan fingerprint density at radius 2 is 2.21 bits per heavy atom. The zero-order valence-corrected chi connectivity index (χ0v) is 11.0. The van der Waals surface area contributed by atoms with Crippen molar-refractivity contribution >= 4 is 5.91 Å². The first-order chi connectivity index (χ1) is 9.11. The van der Waals surface area contributed by atoms with Gasteiger partial charge in [0.15, 0.2) is 11.6 Å². The van der Waals surface area contributed by atoms with Gasteiger partial charge in [0.25, 0.3) is 5.91 Å². The van der Waals surface area contributed by atoms with Gasteiger partial charge in [-0.05, 0) is 50.6 Å². The molecule has 1 aliphatic rings. The molecule has 1 aromatic rings. The largest absolute Gasteiger partial charge is 0.338 e. The minimum Gasteiger partial charge on any atom is -0.338 e. The molecular formula is C14H18F2N2O. The molecule has 104 valence electrons. The van der Waals surface area contributed by atoms with Crippen LogP contribution in [0.4, 0.5) is 8.78 Å². The van der Waals surface area contributed by atoms with Crippen molar-refractivity contribution in [2.24, 2.45) is 5.92 Å². The van der Waals surface area contributed by atoms with E-state index in [-0.39, 0.29) is 11.5 Å². The van der Waals surface area contributed by atoms with Gasteiger partial charge in [0.2, 0.25) is 0 Å². The van der Waals surface area contributed by atoms with Gasteiger partial charge in [-0.25, -0.2) is 8.78 Å². The van der Waals surface area contributed by atoms with E-state index < -0.39 is 11.6 Å². The summed E-state index contributed by atoms with van der Waals surface area (Å²) < 4.78 is 26.0. The fourth-order valence-corrected chi connectivity index (χ4v) is 2.52. The molecule has 1 fully saturated rings. The molecule has 1 unspecified atom stereocenters. The van der Waals surface area contributed by atoms with Crippen LogP contribution in [0.5, 0.6) is 0 Å². The van der Waals surface area contributed by atoms with Crippen LogP contribution in [0.15, 0.2) is 18.2 Å². The normalized spacial score (nSPS) is 19.5. The minimum absolute atomic E-state index is 0.212. The number of likely N-dealkylation sites (tertiary alicyclic amines) is 1. The molecule has 3 nitrogen and oxygen atoms in total. The molecule has 0 saturated carbocycles. The third kappa shape index (κ3) is 3.29. The Hall–Kier alpha value is -1.49. The molecule has 1 aliphatic heterocycles. The second kappa shape index (κ2) is 6.10. The molecule has 1 saturated heterocycles. The SMILES string of the molecule is CNCC1CCCN(C(=O)c2ccc(F)c(F)c2)C1. The van der Waals surface area contributed by atoms with Crippen molar-refractivity contribution in [3.8, 4) is 0 Å². The smallest absolute Gasteiger partial charge is 0.253 e. The molecule has 0 radical (unpaired) electrons. The number of amides is 1. The average Bonchev–Trinajstić information content (AvgIpc) is 2.42. The summed E-state index contributed by atoms with van der Waals surface area (Å²) >= 11 is 0. The molecular weight excluding hydrogens is 250 g/mol. The van der Waals surface area contributed by atoms with Crippen LogP contribution in [0.25, 0.3) is 0 Å². The van der Waals surface area contributed by atoms with Crippen molar-refractivity contribution in [2.75, 3.05) is 26.7 Å². The maximum Gasteiger partial charge on any atom is 0.253 e. The van der Waals surface area contributed by atoms with Gasteiger partial charge in [-0.1, -0.05) is 0 Å². The Morgan fingerprint density at radius 3 is 2.89 bits per heavy atom. The van der Waals surface area contributed by atoms with Gasteiger partial charge < -0.3 is 10.2 Å². The number of nitrogens with zero attached hydrogens (tertiary/aromatic N) is 1. The molecule has 1 heterocycles. The van der Waals surface area contributed by atoms with Crippen LogP contribution in [0, 0.1) is 17.6 Å². The van der Waals surface area contributed by atoms with E-state index in [1.165, 1.54) is 6.07 Å². The van der Waals surface area contributed by atoms with Crippen molar-refractivity contribution in [3.05, 3.63) is 35.4 Å². The topological polar surface area (TPSA) is 32.3 Å². The number of hydrogen-bond donors (Lipinski definition) is 1. The van der Waals surface area contributed by atoms with Gasteiger partial charge >= 0.3 is 0 Å². The second-order valence-corrected chi connectivity index (χ2v) is 4.95. The predicted octanol–water partition coefficient (Wildman–Crippen LogP) is 2.04. The Balaban J connectivity index is 2.08. The lowest BCUT2D eigenvalue weighted by atomic mass is 9.97. The van der Waals surface area contributed by atoms with E-state index in [0.717, 1.165) is 31.5 Å². The van der Waals surface area contributed by atoms with Gasteiger partial charge in [-0.2, -0.15) is 0 Å². The van der Waals surface area contributed by atoms with E-state index in [4.69, 9.17) is 0 Å². The number of nitrogens with one attached hydrogen (secondary N) is 1. The predicted molar refractivity (Wildman–Crippen MR) is 68.9 cm³/mol. The first-order valence-electron chi connectivity index (χ1n) is 6.50. The van der Waals surface area contributed by atoms with Crippen molar-refractivity contribution in [3.63, 3.8) is 0 Å². The van der Waals surface area contributed by atoms with Crippen LogP contribution in [0.2, 0.25) is 0 Å². The number of carbonyl (C=O) groups excluding carboxylic acids is 1. The lowest BCUT2D eigenvalue weighted by Gasteiger charge is -2.32. The van der Waals surface area contributed by atoms with Crippen molar-refractivity contribution in [1.29, 1.82) is 0 Å². The zero-order chi connectivity index (χ0) is 13.8. The van der Waals surface area contributed by atoms with Crippen LogP contribution >= 0.6 is 0 Å². The highest BCUT2D eigenvalue weighted by molar-refractivity contribution is 5.94. The summed E-state index contributed by atoms with van der Waals surface area (Å²) in [6.07, 6.45) is 2.03. The maximum atomic E-state index is 13.1. The number of rotatable bonds is 3. The summed E-state index contributed by atoms with van der Waals surface area (Å²) in [6.45, 7) is 2.21. The second-order valence-electron chi connectivity index (χ2n) is 4.95.